The van der Waals surface area contributed by atoms with E-state index in [1.165, 1.54) is 12.5 Å². The van der Waals surface area contributed by atoms with Crippen molar-refractivity contribution in [3.8, 4) is 5.75 Å². The van der Waals surface area contributed by atoms with Crippen molar-refractivity contribution in [3.63, 3.8) is 0 Å². The highest BCUT2D eigenvalue weighted by atomic mass is 32.2. The van der Waals surface area contributed by atoms with Crippen LogP contribution in [0.25, 0.3) is 0 Å². The standard InChI is InChI=1S/C34H46BN3O6S/c1-21-20-36-43-28-19-25(13-14-26(21)28)45(40,41)38-27(15-22-9-6-5-7-10-22)32(39)37-31(16-23-11-8-12-23)35-42-30-18-24-17-29(33(24,2)3)34(30,4)44-35/h5-7,9-10,13-14,19,21,23-24,27,29-31,36,38H,8,11-12,15-18,20H2,1-4H3,(H,37,39)/t21?,24-,27-,29-,30+,31-,34-/m0/s1. The minimum absolute atomic E-state index is 0.00196. The Hall–Kier alpha value is -2.44. The lowest BCUT2D eigenvalue weighted by Gasteiger charge is -2.64. The Labute approximate surface area is 267 Å². The van der Waals surface area contributed by atoms with Crippen LogP contribution in [0.15, 0.2) is 53.4 Å². The summed E-state index contributed by atoms with van der Waals surface area (Å²) in [4.78, 5) is 19.8. The summed E-state index contributed by atoms with van der Waals surface area (Å²) in [6.07, 6.45) is 6.49. The van der Waals surface area contributed by atoms with Crippen molar-refractivity contribution in [2.24, 2.45) is 23.2 Å². The second kappa shape index (κ2) is 11.7. The molecule has 0 aromatic heterocycles. The normalized spacial score (nSPS) is 31.4. The van der Waals surface area contributed by atoms with Gasteiger partial charge in [-0.15, -0.1) is 0 Å². The molecule has 3 N–H and O–H groups in total. The number of hydroxylamine groups is 1. The molecule has 45 heavy (non-hydrogen) atoms. The van der Waals surface area contributed by atoms with Gasteiger partial charge in [0.15, 0.2) is 5.75 Å². The molecule has 8 rings (SSSR count). The van der Waals surface area contributed by atoms with Crippen LogP contribution in [0.3, 0.4) is 0 Å². The van der Waals surface area contributed by atoms with Gasteiger partial charge in [-0.2, -0.15) is 10.2 Å². The molecule has 7 atom stereocenters. The van der Waals surface area contributed by atoms with E-state index in [1.807, 2.05) is 30.3 Å². The first kappa shape index (κ1) is 31.2. The summed E-state index contributed by atoms with van der Waals surface area (Å²) in [6, 6.07) is 13.3. The van der Waals surface area contributed by atoms with Crippen LogP contribution < -0.4 is 20.4 Å². The van der Waals surface area contributed by atoms with Crippen molar-refractivity contribution in [1.82, 2.24) is 15.5 Å². The third kappa shape index (κ3) is 5.73. The number of hydrogen-bond donors (Lipinski definition) is 3. The van der Waals surface area contributed by atoms with E-state index in [-0.39, 0.29) is 40.6 Å². The second-order valence-electron chi connectivity index (χ2n) is 14.9. The lowest BCUT2D eigenvalue weighted by atomic mass is 9.43. The zero-order valence-corrected chi connectivity index (χ0v) is 27.6. The van der Waals surface area contributed by atoms with Crippen molar-refractivity contribution in [1.29, 1.82) is 0 Å². The van der Waals surface area contributed by atoms with Gasteiger partial charge in [-0.25, -0.2) is 8.42 Å². The van der Waals surface area contributed by atoms with Gasteiger partial charge in [0, 0.05) is 24.1 Å². The first-order valence-electron chi connectivity index (χ1n) is 16.7. The van der Waals surface area contributed by atoms with Gasteiger partial charge in [0.05, 0.1) is 22.5 Å². The highest BCUT2D eigenvalue weighted by molar-refractivity contribution is 7.89. The molecule has 0 spiro atoms. The van der Waals surface area contributed by atoms with E-state index >= 15 is 0 Å². The number of benzene rings is 2. The molecule has 1 amide bonds. The molecule has 2 heterocycles. The summed E-state index contributed by atoms with van der Waals surface area (Å²) in [6.45, 7) is 9.56. The molecule has 6 aliphatic rings. The minimum Gasteiger partial charge on any atom is -0.408 e. The molecule has 5 fully saturated rings. The van der Waals surface area contributed by atoms with E-state index in [4.69, 9.17) is 14.1 Å². The van der Waals surface area contributed by atoms with Gasteiger partial charge in [-0.3, -0.25) is 4.79 Å². The van der Waals surface area contributed by atoms with Crippen LogP contribution in [0, 0.1) is 23.2 Å². The van der Waals surface area contributed by atoms with Gasteiger partial charge in [0.25, 0.3) is 0 Å². The summed E-state index contributed by atoms with van der Waals surface area (Å²) >= 11 is 0. The monoisotopic (exact) mass is 635 g/mol. The minimum atomic E-state index is -4.07. The lowest BCUT2D eigenvalue weighted by molar-refractivity contribution is -0.199. The summed E-state index contributed by atoms with van der Waals surface area (Å²) < 4.78 is 43.7. The predicted octanol–water partition coefficient (Wildman–Crippen LogP) is 4.52. The molecule has 1 unspecified atom stereocenters. The van der Waals surface area contributed by atoms with Crippen molar-refractivity contribution >= 4 is 23.0 Å². The predicted molar refractivity (Wildman–Crippen MR) is 172 cm³/mol. The number of hydrogen-bond acceptors (Lipinski definition) is 7. The summed E-state index contributed by atoms with van der Waals surface area (Å²) in [7, 11) is -4.64. The smallest absolute Gasteiger partial charge is 0.408 e. The molecule has 2 aromatic rings. The maximum atomic E-state index is 14.2. The Morgan fingerprint density at radius 3 is 2.60 bits per heavy atom. The number of sulfonamides is 1. The van der Waals surface area contributed by atoms with Gasteiger partial charge in [-0.1, -0.05) is 76.4 Å². The van der Waals surface area contributed by atoms with E-state index in [0.717, 1.165) is 43.2 Å². The lowest BCUT2D eigenvalue weighted by Crippen LogP contribution is -2.65. The van der Waals surface area contributed by atoms with E-state index in [2.05, 4.69) is 43.2 Å². The van der Waals surface area contributed by atoms with Gasteiger partial charge in [0.1, 0.15) is 6.04 Å². The Kier molecular flexibility index (Phi) is 8.08. The van der Waals surface area contributed by atoms with E-state index in [0.29, 0.717) is 30.0 Å². The SMILES string of the molecule is CC1CNOc2cc(S(=O)(=O)N[C@@H](Cc3ccccc3)C(=O)N[C@@H](CC3CCC3)B3O[C@@H]4C[C@@H]5C[C@@H](C5(C)C)[C@]4(C)O3)ccc21. The van der Waals surface area contributed by atoms with Crippen molar-refractivity contribution in [3.05, 3.63) is 59.7 Å². The highest BCUT2D eigenvalue weighted by Gasteiger charge is 2.68. The fourth-order valence-electron chi connectivity index (χ4n) is 8.50. The van der Waals surface area contributed by atoms with Crippen molar-refractivity contribution in [2.45, 2.75) is 107 Å². The molecule has 242 valence electrons. The van der Waals surface area contributed by atoms with Crippen LogP contribution in [0.2, 0.25) is 0 Å². The molecule has 2 aliphatic heterocycles. The van der Waals surface area contributed by atoms with Crippen molar-refractivity contribution in [2.75, 3.05) is 6.54 Å². The maximum absolute atomic E-state index is 14.2. The number of nitrogens with one attached hydrogen (secondary N) is 3. The Bertz CT molecular complexity index is 1540. The number of carbonyl (C=O) groups is 1. The van der Waals surface area contributed by atoms with E-state index in [1.54, 1.807) is 12.1 Å². The number of amides is 1. The Morgan fingerprint density at radius 1 is 1.11 bits per heavy atom. The van der Waals surface area contributed by atoms with Gasteiger partial charge in [0.2, 0.25) is 15.9 Å². The summed E-state index contributed by atoms with van der Waals surface area (Å²) in [5.74, 6) is 1.43. The number of rotatable bonds is 10. The third-order valence-electron chi connectivity index (χ3n) is 11.7. The summed E-state index contributed by atoms with van der Waals surface area (Å²) in [5.41, 5.74) is 4.48. The van der Waals surface area contributed by atoms with Crippen LogP contribution in [0.1, 0.15) is 83.3 Å². The third-order valence-corrected chi connectivity index (χ3v) is 13.2. The van der Waals surface area contributed by atoms with Gasteiger partial charge >= 0.3 is 7.12 Å². The first-order valence-corrected chi connectivity index (χ1v) is 18.2. The van der Waals surface area contributed by atoms with Crippen LogP contribution in [0.4, 0.5) is 0 Å². The molecule has 2 bridgehead atoms. The first-order chi connectivity index (χ1) is 21.4. The quantitative estimate of drug-likeness (QED) is 0.329. The molecule has 0 radical (unpaired) electrons. The van der Waals surface area contributed by atoms with Crippen LogP contribution >= 0.6 is 0 Å². The largest absolute Gasteiger partial charge is 0.481 e. The molecule has 2 aromatic carbocycles. The fraction of sp³-hybridized carbons (Fsp3) is 0.618. The molecule has 9 nitrogen and oxygen atoms in total. The molecule has 1 saturated heterocycles. The average Bonchev–Trinajstić information content (AvgIpc) is 3.35. The molecular formula is C34H46BN3O6S. The Balaban J connectivity index is 1.13. The summed E-state index contributed by atoms with van der Waals surface area (Å²) in [5, 5.41) is 3.23. The van der Waals surface area contributed by atoms with E-state index in [9.17, 15) is 13.2 Å². The molecular weight excluding hydrogens is 589 g/mol. The topological polar surface area (TPSA) is 115 Å². The second-order valence-corrected chi connectivity index (χ2v) is 16.6. The Morgan fingerprint density at radius 2 is 1.89 bits per heavy atom. The number of fused-ring (bicyclic) bond motifs is 1. The van der Waals surface area contributed by atoms with Gasteiger partial charge in [-0.05, 0) is 67.4 Å². The fourth-order valence-corrected chi connectivity index (χ4v) is 9.72. The average molecular weight is 636 g/mol. The molecule has 4 aliphatic carbocycles. The maximum Gasteiger partial charge on any atom is 0.481 e. The van der Waals surface area contributed by atoms with Crippen LogP contribution in [-0.4, -0.2) is 51.7 Å². The van der Waals surface area contributed by atoms with Crippen molar-refractivity contribution < 1.29 is 27.4 Å². The van der Waals surface area contributed by atoms with Crippen LogP contribution in [0.5, 0.6) is 5.75 Å². The van der Waals surface area contributed by atoms with Gasteiger partial charge < -0.3 is 19.5 Å². The highest BCUT2D eigenvalue weighted by Crippen LogP contribution is 2.65. The zero-order chi connectivity index (χ0) is 31.6. The molecule has 11 heteroatoms. The van der Waals surface area contributed by atoms with Crippen LogP contribution in [-0.2, 0) is 30.5 Å². The zero-order valence-electron chi connectivity index (χ0n) is 26.8. The van der Waals surface area contributed by atoms with E-state index < -0.39 is 28.8 Å². The number of carbonyl (C=O) groups excluding carboxylic acids is 1. The molecule has 4 saturated carbocycles.